The summed E-state index contributed by atoms with van der Waals surface area (Å²) in [6, 6.07) is -0.111. The van der Waals surface area contributed by atoms with Gasteiger partial charge in [0.05, 0.1) is 11.3 Å². The van der Waals surface area contributed by atoms with Crippen molar-refractivity contribution in [1.29, 1.82) is 0 Å². The Morgan fingerprint density at radius 1 is 1.47 bits per heavy atom. The van der Waals surface area contributed by atoms with E-state index in [0.29, 0.717) is 5.82 Å². The summed E-state index contributed by atoms with van der Waals surface area (Å²) in [5.74, 6) is 0.559. The number of nitrogens with one attached hydrogen (secondary N) is 2. The van der Waals surface area contributed by atoms with Gasteiger partial charge in [-0.25, -0.2) is 8.42 Å². The minimum absolute atomic E-state index is 0.0153. The molecule has 0 saturated heterocycles. The molecule has 3 unspecified atom stereocenters. The van der Waals surface area contributed by atoms with Crippen LogP contribution in [0.25, 0.3) is 0 Å². The van der Waals surface area contributed by atoms with Crippen molar-refractivity contribution in [1.82, 2.24) is 25.9 Å². The van der Waals surface area contributed by atoms with Gasteiger partial charge in [-0.2, -0.15) is 5.21 Å². The summed E-state index contributed by atoms with van der Waals surface area (Å²) in [5, 5.41) is 16.6. The Morgan fingerprint density at radius 3 is 2.82 bits per heavy atom. The lowest BCUT2D eigenvalue weighted by atomic mass is 10.2. The molecule has 2 N–H and O–H groups in total. The third-order valence-corrected chi connectivity index (χ3v) is 4.88. The van der Waals surface area contributed by atoms with Crippen LogP contribution in [0.3, 0.4) is 0 Å². The largest absolute Gasteiger partial charge is 0.303 e. The monoisotopic (exact) mass is 259 g/mol. The molecular weight excluding hydrogens is 242 g/mol. The van der Waals surface area contributed by atoms with Crippen LogP contribution in [-0.2, 0) is 9.84 Å². The Bertz CT molecular complexity index is 458. The van der Waals surface area contributed by atoms with Gasteiger partial charge in [0, 0.05) is 12.3 Å². The zero-order chi connectivity index (χ0) is 12.5. The smallest absolute Gasteiger partial charge is 0.191 e. The van der Waals surface area contributed by atoms with E-state index in [9.17, 15) is 8.42 Å². The van der Waals surface area contributed by atoms with Crippen LogP contribution in [0.4, 0.5) is 0 Å². The first-order valence-corrected chi connectivity index (χ1v) is 7.62. The molecule has 17 heavy (non-hydrogen) atoms. The quantitative estimate of drug-likeness (QED) is 0.777. The minimum atomic E-state index is -2.99. The Hall–Kier alpha value is -1.02. The fourth-order valence-electron chi connectivity index (χ4n) is 2.38. The van der Waals surface area contributed by atoms with Gasteiger partial charge in [0.1, 0.15) is 0 Å². The Kier molecular flexibility index (Phi) is 3.43. The number of H-pyrrole nitrogens is 1. The molecule has 3 atom stereocenters. The average molecular weight is 259 g/mol. The zero-order valence-corrected chi connectivity index (χ0v) is 10.7. The molecule has 2 rings (SSSR count). The van der Waals surface area contributed by atoms with E-state index in [0.717, 1.165) is 19.3 Å². The number of nitrogens with zero attached hydrogens (tertiary/aromatic N) is 3. The van der Waals surface area contributed by atoms with Crippen molar-refractivity contribution in [3.05, 3.63) is 5.82 Å². The van der Waals surface area contributed by atoms with Crippen LogP contribution in [-0.4, -0.2) is 46.6 Å². The highest BCUT2D eigenvalue weighted by Gasteiger charge is 2.35. The van der Waals surface area contributed by atoms with Gasteiger partial charge in [-0.15, -0.1) is 10.2 Å². The first kappa shape index (κ1) is 12.4. The van der Waals surface area contributed by atoms with Crippen molar-refractivity contribution in [2.45, 2.75) is 43.5 Å². The van der Waals surface area contributed by atoms with E-state index in [1.54, 1.807) is 0 Å². The van der Waals surface area contributed by atoms with Gasteiger partial charge in [0.15, 0.2) is 15.7 Å². The normalized spacial score (nSPS) is 27.2. The summed E-state index contributed by atoms with van der Waals surface area (Å²) < 4.78 is 23.2. The van der Waals surface area contributed by atoms with Crippen molar-refractivity contribution in [2.24, 2.45) is 0 Å². The molecule has 1 aromatic heterocycles. The molecule has 0 aromatic carbocycles. The Morgan fingerprint density at radius 2 is 2.24 bits per heavy atom. The molecule has 0 radical (unpaired) electrons. The predicted molar refractivity (Wildman–Crippen MR) is 62.0 cm³/mol. The summed E-state index contributed by atoms with van der Waals surface area (Å²) >= 11 is 0. The lowest BCUT2D eigenvalue weighted by molar-refractivity contribution is 0.443. The van der Waals surface area contributed by atoms with Crippen LogP contribution >= 0.6 is 0 Å². The maximum Gasteiger partial charge on any atom is 0.191 e. The van der Waals surface area contributed by atoms with E-state index in [1.807, 2.05) is 6.92 Å². The molecule has 0 bridgehead atoms. The van der Waals surface area contributed by atoms with Crippen LogP contribution in [0.2, 0.25) is 0 Å². The average Bonchev–Trinajstić information content (AvgIpc) is 2.85. The topological polar surface area (TPSA) is 101 Å². The molecule has 0 aliphatic heterocycles. The van der Waals surface area contributed by atoms with Crippen LogP contribution in [0.15, 0.2) is 0 Å². The summed E-state index contributed by atoms with van der Waals surface area (Å²) in [6.07, 6.45) is 3.85. The highest BCUT2D eigenvalue weighted by molar-refractivity contribution is 7.91. The molecule has 1 heterocycles. The van der Waals surface area contributed by atoms with Crippen LogP contribution in [0.1, 0.15) is 38.1 Å². The lowest BCUT2D eigenvalue weighted by Gasteiger charge is -2.22. The van der Waals surface area contributed by atoms with Crippen LogP contribution < -0.4 is 5.32 Å². The highest BCUT2D eigenvalue weighted by atomic mass is 32.2. The van der Waals surface area contributed by atoms with Gasteiger partial charge >= 0.3 is 0 Å². The zero-order valence-electron chi connectivity index (χ0n) is 9.92. The number of hydrogen-bond acceptors (Lipinski definition) is 6. The summed E-state index contributed by atoms with van der Waals surface area (Å²) in [4.78, 5) is 0. The van der Waals surface area contributed by atoms with Gasteiger partial charge < -0.3 is 5.32 Å². The molecule has 0 amide bonds. The number of hydrogen-bond donors (Lipinski definition) is 2. The lowest BCUT2D eigenvalue weighted by Crippen LogP contribution is -2.41. The SMILES string of the molecule is CC(NC1CCCC1S(C)(=O)=O)c1nn[nH]n1. The summed E-state index contributed by atoms with van der Waals surface area (Å²) in [5.41, 5.74) is 0. The number of tetrazole rings is 1. The molecule has 96 valence electrons. The highest BCUT2D eigenvalue weighted by Crippen LogP contribution is 2.26. The Balaban J connectivity index is 2.04. The second-order valence-electron chi connectivity index (χ2n) is 4.56. The standard InChI is InChI=1S/C9H17N5O2S/c1-6(9-11-13-14-12-9)10-7-4-3-5-8(7)17(2,15)16/h6-8,10H,3-5H2,1-2H3,(H,11,12,13,14). The maximum absolute atomic E-state index is 11.6. The molecule has 1 aliphatic carbocycles. The van der Waals surface area contributed by atoms with Crippen molar-refractivity contribution in [2.75, 3.05) is 6.26 Å². The fraction of sp³-hybridized carbons (Fsp3) is 0.889. The number of aromatic amines is 1. The first-order chi connectivity index (χ1) is 7.98. The number of sulfone groups is 1. The van der Waals surface area contributed by atoms with E-state index in [1.165, 1.54) is 6.26 Å². The van der Waals surface area contributed by atoms with E-state index in [4.69, 9.17) is 0 Å². The first-order valence-electron chi connectivity index (χ1n) is 5.66. The predicted octanol–water partition coefficient (Wildman–Crippen LogP) is -0.184. The number of rotatable bonds is 4. The van der Waals surface area contributed by atoms with E-state index in [-0.39, 0.29) is 17.3 Å². The molecule has 0 spiro atoms. The van der Waals surface area contributed by atoms with Crippen molar-refractivity contribution in [3.63, 3.8) is 0 Å². The molecule has 1 aromatic rings. The van der Waals surface area contributed by atoms with Gasteiger partial charge in [0.25, 0.3) is 0 Å². The van der Waals surface area contributed by atoms with E-state index >= 15 is 0 Å². The summed E-state index contributed by atoms with van der Waals surface area (Å²) in [6.45, 7) is 1.91. The third kappa shape index (κ3) is 2.81. The molecule has 1 fully saturated rings. The molecule has 1 aliphatic rings. The van der Waals surface area contributed by atoms with E-state index in [2.05, 4.69) is 25.9 Å². The molecule has 1 saturated carbocycles. The van der Waals surface area contributed by atoms with Crippen molar-refractivity contribution < 1.29 is 8.42 Å². The van der Waals surface area contributed by atoms with Crippen molar-refractivity contribution in [3.8, 4) is 0 Å². The second kappa shape index (κ2) is 4.69. The van der Waals surface area contributed by atoms with Gasteiger partial charge in [-0.05, 0) is 19.8 Å². The van der Waals surface area contributed by atoms with Crippen LogP contribution in [0, 0.1) is 0 Å². The molecule has 8 heteroatoms. The van der Waals surface area contributed by atoms with Crippen LogP contribution in [0.5, 0.6) is 0 Å². The summed E-state index contributed by atoms with van der Waals surface area (Å²) in [7, 11) is -2.99. The van der Waals surface area contributed by atoms with Crippen molar-refractivity contribution >= 4 is 9.84 Å². The second-order valence-corrected chi connectivity index (χ2v) is 6.83. The van der Waals surface area contributed by atoms with E-state index < -0.39 is 9.84 Å². The minimum Gasteiger partial charge on any atom is -0.303 e. The third-order valence-electron chi connectivity index (χ3n) is 3.22. The Labute approximate surface area is 100 Å². The fourth-order valence-corrected chi connectivity index (χ4v) is 3.78. The maximum atomic E-state index is 11.6. The van der Waals surface area contributed by atoms with Gasteiger partial charge in [-0.1, -0.05) is 11.6 Å². The number of aromatic nitrogens is 4. The van der Waals surface area contributed by atoms with Gasteiger partial charge in [0.2, 0.25) is 0 Å². The molecule has 7 nitrogen and oxygen atoms in total. The van der Waals surface area contributed by atoms with Gasteiger partial charge in [-0.3, -0.25) is 0 Å². The molecular formula is C9H17N5O2S.